The van der Waals surface area contributed by atoms with Gasteiger partial charge in [-0.3, -0.25) is 4.79 Å². The first kappa shape index (κ1) is 23.2. The van der Waals surface area contributed by atoms with Crippen LogP contribution in [0.3, 0.4) is 0 Å². The van der Waals surface area contributed by atoms with Crippen LogP contribution in [-0.4, -0.2) is 25.3 Å². The SMILES string of the molecule is Cc1cccc(Cl)c1S(=O)(=O)Oc1ccc(CN(C(=O)CC(C)C)C(C)C)cc1. The minimum atomic E-state index is -4.05. The second-order valence-electron chi connectivity index (χ2n) is 7.78. The number of nitrogens with zero attached hydrogens (tertiary/aromatic N) is 1. The van der Waals surface area contributed by atoms with E-state index in [1.165, 1.54) is 6.07 Å². The van der Waals surface area contributed by atoms with E-state index < -0.39 is 10.1 Å². The fourth-order valence-corrected chi connectivity index (χ4v) is 4.70. The lowest BCUT2D eigenvalue weighted by molar-refractivity contribution is -0.134. The molecule has 2 rings (SSSR count). The van der Waals surface area contributed by atoms with Crippen molar-refractivity contribution in [3.8, 4) is 5.75 Å². The van der Waals surface area contributed by atoms with E-state index in [0.717, 1.165) is 5.56 Å². The fraction of sp³-hybridized carbons (Fsp3) is 0.409. The molecule has 2 aromatic carbocycles. The van der Waals surface area contributed by atoms with Gasteiger partial charge in [-0.1, -0.05) is 49.7 Å². The van der Waals surface area contributed by atoms with Gasteiger partial charge in [-0.05, 0) is 56.0 Å². The third-order valence-corrected chi connectivity index (χ3v) is 6.30. The maximum absolute atomic E-state index is 12.6. The molecule has 0 saturated carbocycles. The molecule has 0 heterocycles. The zero-order chi connectivity index (χ0) is 21.8. The Morgan fingerprint density at radius 2 is 1.69 bits per heavy atom. The Balaban J connectivity index is 2.16. The number of benzene rings is 2. The molecule has 0 N–H and O–H groups in total. The minimum Gasteiger partial charge on any atom is -0.379 e. The van der Waals surface area contributed by atoms with E-state index in [2.05, 4.69) is 0 Å². The van der Waals surface area contributed by atoms with Crippen LogP contribution in [0.5, 0.6) is 5.75 Å². The van der Waals surface area contributed by atoms with Gasteiger partial charge in [-0.15, -0.1) is 0 Å². The Labute approximate surface area is 178 Å². The van der Waals surface area contributed by atoms with Gasteiger partial charge >= 0.3 is 10.1 Å². The van der Waals surface area contributed by atoms with Gasteiger partial charge in [-0.25, -0.2) is 0 Å². The molecular formula is C22H28ClNO4S. The average Bonchev–Trinajstić information content (AvgIpc) is 2.59. The first-order valence-corrected chi connectivity index (χ1v) is 11.4. The molecule has 0 bridgehead atoms. The fourth-order valence-electron chi connectivity index (χ4n) is 2.97. The van der Waals surface area contributed by atoms with Crippen LogP contribution in [0, 0.1) is 12.8 Å². The second kappa shape index (κ2) is 9.63. The van der Waals surface area contributed by atoms with E-state index in [-0.39, 0.29) is 33.5 Å². The summed E-state index contributed by atoms with van der Waals surface area (Å²) in [5.74, 6) is 0.586. The van der Waals surface area contributed by atoms with E-state index in [0.29, 0.717) is 18.5 Å². The Kier molecular flexibility index (Phi) is 7.72. The van der Waals surface area contributed by atoms with Crippen molar-refractivity contribution in [1.82, 2.24) is 4.90 Å². The first-order valence-electron chi connectivity index (χ1n) is 9.59. The van der Waals surface area contributed by atoms with Gasteiger partial charge in [-0.2, -0.15) is 8.42 Å². The van der Waals surface area contributed by atoms with Crippen LogP contribution in [0.25, 0.3) is 0 Å². The van der Waals surface area contributed by atoms with Gasteiger partial charge < -0.3 is 9.08 Å². The van der Waals surface area contributed by atoms with E-state index in [1.54, 1.807) is 43.3 Å². The Morgan fingerprint density at radius 1 is 1.07 bits per heavy atom. The number of aryl methyl sites for hydroxylation is 1. The second-order valence-corrected chi connectivity index (χ2v) is 9.67. The van der Waals surface area contributed by atoms with Crippen LogP contribution in [0.2, 0.25) is 5.02 Å². The molecule has 7 heteroatoms. The number of carbonyl (C=O) groups excluding carboxylic acids is 1. The van der Waals surface area contributed by atoms with Crippen molar-refractivity contribution in [2.45, 2.75) is 58.5 Å². The van der Waals surface area contributed by atoms with Gasteiger partial charge in [0.1, 0.15) is 10.6 Å². The normalized spacial score (nSPS) is 11.7. The van der Waals surface area contributed by atoms with Crippen molar-refractivity contribution in [1.29, 1.82) is 0 Å². The van der Waals surface area contributed by atoms with Crippen LogP contribution in [0.15, 0.2) is 47.4 Å². The molecule has 0 fully saturated rings. The minimum absolute atomic E-state index is 0.0315. The molecule has 0 radical (unpaired) electrons. The summed E-state index contributed by atoms with van der Waals surface area (Å²) < 4.78 is 30.5. The van der Waals surface area contributed by atoms with E-state index in [4.69, 9.17) is 15.8 Å². The van der Waals surface area contributed by atoms with E-state index in [1.807, 2.05) is 32.6 Å². The summed E-state index contributed by atoms with van der Waals surface area (Å²) in [6, 6.07) is 11.6. The topological polar surface area (TPSA) is 63.7 Å². The predicted molar refractivity (Wildman–Crippen MR) is 116 cm³/mol. The van der Waals surface area contributed by atoms with Crippen LogP contribution in [0.1, 0.15) is 45.2 Å². The molecule has 0 spiro atoms. The molecule has 0 aromatic heterocycles. The summed E-state index contributed by atoms with van der Waals surface area (Å²) in [6.07, 6.45) is 0.495. The third-order valence-electron chi connectivity index (χ3n) is 4.42. The van der Waals surface area contributed by atoms with Crippen molar-refractivity contribution >= 4 is 27.6 Å². The summed E-state index contributed by atoms with van der Waals surface area (Å²) in [5.41, 5.74) is 1.42. The van der Waals surface area contributed by atoms with Crippen LogP contribution < -0.4 is 4.18 Å². The molecule has 0 atom stereocenters. The monoisotopic (exact) mass is 437 g/mol. The molecule has 0 aliphatic heterocycles. The number of amides is 1. The van der Waals surface area contributed by atoms with Crippen molar-refractivity contribution in [2.24, 2.45) is 5.92 Å². The summed E-state index contributed by atoms with van der Waals surface area (Å²) in [5, 5.41) is 0.123. The molecule has 1 amide bonds. The van der Waals surface area contributed by atoms with E-state index >= 15 is 0 Å². The van der Waals surface area contributed by atoms with Crippen molar-refractivity contribution in [3.05, 3.63) is 58.6 Å². The summed E-state index contributed by atoms with van der Waals surface area (Å²) in [7, 11) is -4.05. The number of halogens is 1. The first-order chi connectivity index (χ1) is 13.5. The Hall–Kier alpha value is -2.05. The summed E-state index contributed by atoms with van der Waals surface area (Å²) in [6.45, 7) is 10.1. The third kappa shape index (κ3) is 6.21. The molecule has 0 unspecified atom stereocenters. The summed E-state index contributed by atoms with van der Waals surface area (Å²) in [4.78, 5) is 14.3. The van der Waals surface area contributed by atoms with Gasteiger partial charge in [0.05, 0.1) is 5.02 Å². The quantitative estimate of drug-likeness (QED) is 0.532. The van der Waals surface area contributed by atoms with Gasteiger partial charge in [0.2, 0.25) is 5.91 Å². The van der Waals surface area contributed by atoms with Crippen molar-refractivity contribution < 1.29 is 17.4 Å². The number of carbonyl (C=O) groups is 1. The smallest absolute Gasteiger partial charge is 0.340 e. The zero-order valence-electron chi connectivity index (χ0n) is 17.5. The van der Waals surface area contributed by atoms with Gasteiger partial charge in [0, 0.05) is 19.0 Å². The standard InChI is InChI=1S/C22H28ClNO4S/c1-15(2)13-21(25)24(16(3)4)14-18-9-11-19(12-10-18)28-29(26,27)22-17(5)7-6-8-20(22)23/h6-12,15-16H,13-14H2,1-5H3. The number of hydrogen-bond acceptors (Lipinski definition) is 4. The van der Waals surface area contributed by atoms with Crippen molar-refractivity contribution in [2.75, 3.05) is 0 Å². The van der Waals surface area contributed by atoms with Gasteiger partial charge in [0.15, 0.2) is 0 Å². The maximum atomic E-state index is 12.6. The maximum Gasteiger partial charge on any atom is 0.340 e. The number of rotatable bonds is 8. The number of hydrogen-bond donors (Lipinski definition) is 0. The highest BCUT2D eigenvalue weighted by Gasteiger charge is 2.23. The lowest BCUT2D eigenvalue weighted by Gasteiger charge is -2.27. The molecule has 158 valence electrons. The van der Waals surface area contributed by atoms with Crippen molar-refractivity contribution in [3.63, 3.8) is 0 Å². The van der Waals surface area contributed by atoms with E-state index in [9.17, 15) is 13.2 Å². The highest BCUT2D eigenvalue weighted by Crippen LogP contribution is 2.28. The molecule has 0 aliphatic rings. The average molecular weight is 438 g/mol. The highest BCUT2D eigenvalue weighted by atomic mass is 35.5. The van der Waals surface area contributed by atoms with Crippen LogP contribution in [0.4, 0.5) is 0 Å². The highest BCUT2D eigenvalue weighted by molar-refractivity contribution is 7.87. The molecular weight excluding hydrogens is 410 g/mol. The van der Waals surface area contributed by atoms with Crippen LogP contribution in [-0.2, 0) is 21.5 Å². The zero-order valence-corrected chi connectivity index (χ0v) is 19.0. The molecule has 0 aliphatic carbocycles. The van der Waals surface area contributed by atoms with Gasteiger partial charge in [0.25, 0.3) is 0 Å². The Morgan fingerprint density at radius 3 is 2.21 bits per heavy atom. The summed E-state index contributed by atoms with van der Waals surface area (Å²) >= 11 is 6.06. The lowest BCUT2D eigenvalue weighted by Crippen LogP contribution is -2.36. The molecule has 29 heavy (non-hydrogen) atoms. The lowest BCUT2D eigenvalue weighted by atomic mass is 10.1. The predicted octanol–water partition coefficient (Wildman–Crippen LogP) is 5.20. The molecule has 2 aromatic rings. The Bertz CT molecular complexity index is 933. The largest absolute Gasteiger partial charge is 0.379 e. The van der Waals surface area contributed by atoms with Crippen LogP contribution >= 0.6 is 11.6 Å². The molecule has 0 saturated heterocycles. The molecule has 5 nitrogen and oxygen atoms in total.